The maximum Gasteiger partial charge on any atom is 0.411 e. The summed E-state index contributed by atoms with van der Waals surface area (Å²) in [5.41, 5.74) is 2.22. The zero-order valence-electron chi connectivity index (χ0n) is 13.1. The predicted molar refractivity (Wildman–Crippen MR) is 97.1 cm³/mol. The van der Waals surface area contributed by atoms with Gasteiger partial charge in [-0.05, 0) is 48.9 Å². The number of hydrogen-bond donors (Lipinski definition) is 3. The molecule has 0 heterocycles. The minimum atomic E-state index is -0.509. The van der Waals surface area contributed by atoms with Gasteiger partial charge >= 0.3 is 12.1 Å². The second kappa shape index (κ2) is 8.93. The molecular formula is C17H18BrN3O3. The minimum absolute atomic E-state index is 0.302. The molecule has 2 rings (SSSR count). The summed E-state index contributed by atoms with van der Waals surface area (Å²) in [6.07, 6.45) is -0.509. The van der Waals surface area contributed by atoms with Crippen molar-refractivity contribution in [3.63, 3.8) is 0 Å². The molecule has 3 N–H and O–H groups in total. The quantitative estimate of drug-likeness (QED) is 0.708. The first kappa shape index (κ1) is 17.8. The summed E-state index contributed by atoms with van der Waals surface area (Å²) in [6.45, 7) is 2.48. The van der Waals surface area contributed by atoms with E-state index in [4.69, 9.17) is 4.74 Å². The number of nitrogens with one attached hydrogen (secondary N) is 3. The Bertz CT molecular complexity index is 687. The average Bonchev–Trinajstić information content (AvgIpc) is 2.56. The van der Waals surface area contributed by atoms with Gasteiger partial charge in [-0.1, -0.05) is 28.1 Å². The van der Waals surface area contributed by atoms with Crippen LogP contribution in [0.25, 0.3) is 0 Å². The molecule has 0 saturated heterocycles. The molecule has 0 spiro atoms. The number of amides is 3. The number of ether oxygens (including phenoxy) is 1. The summed E-state index contributed by atoms with van der Waals surface area (Å²) < 4.78 is 5.78. The highest BCUT2D eigenvalue weighted by Crippen LogP contribution is 2.14. The predicted octanol–water partition coefficient (Wildman–Crippen LogP) is 4.34. The zero-order valence-corrected chi connectivity index (χ0v) is 14.7. The SMILES string of the molecule is CCOC(=O)Nc1ccc(NC(=O)NCc2ccc(Br)cc2)cc1. The van der Waals surface area contributed by atoms with Crippen LogP contribution in [0.15, 0.2) is 53.0 Å². The normalized spacial score (nSPS) is 9.92. The van der Waals surface area contributed by atoms with Gasteiger partial charge in [0.25, 0.3) is 0 Å². The van der Waals surface area contributed by atoms with Crippen molar-refractivity contribution < 1.29 is 14.3 Å². The van der Waals surface area contributed by atoms with Crippen LogP contribution in [-0.2, 0) is 11.3 Å². The van der Waals surface area contributed by atoms with Crippen molar-refractivity contribution in [2.45, 2.75) is 13.5 Å². The lowest BCUT2D eigenvalue weighted by Gasteiger charge is -2.09. The molecule has 0 unspecified atom stereocenters. The van der Waals surface area contributed by atoms with Crippen molar-refractivity contribution in [1.82, 2.24) is 5.32 Å². The van der Waals surface area contributed by atoms with Gasteiger partial charge in [-0.2, -0.15) is 0 Å². The molecule has 24 heavy (non-hydrogen) atoms. The second-order valence-electron chi connectivity index (χ2n) is 4.86. The van der Waals surface area contributed by atoms with Crippen LogP contribution in [0.2, 0.25) is 0 Å². The van der Waals surface area contributed by atoms with Gasteiger partial charge in [0.05, 0.1) is 6.61 Å². The first-order valence-electron chi connectivity index (χ1n) is 7.40. The maximum absolute atomic E-state index is 11.9. The summed E-state index contributed by atoms with van der Waals surface area (Å²) >= 11 is 3.37. The summed E-state index contributed by atoms with van der Waals surface area (Å²) in [5, 5.41) is 8.08. The Labute approximate surface area is 148 Å². The molecule has 0 saturated carbocycles. The lowest BCUT2D eigenvalue weighted by atomic mass is 10.2. The molecule has 7 heteroatoms. The Morgan fingerprint density at radius 1 is 0.958 bits per heavy atom. The van der Waals surface area contributed by atoms with E-state index in [2.05, 4.69) is 31.9 Å². The standard InChI is InChI=1S/C17H18BrN3O3/c1-2-24-17(23)21-15-9-7-14(8-10-15)20-16(22)19-11-12-3-5-13(18)6-4-12/h3-10H,2,11H2,1H3,(H,21,23)(H2,19,20,22). The minimum Gasteiger partial charge on any atom is -0.450 e. The van der Waals surface area contributed by atoms with Crippen LogP contribution in [0.3, 0.4) is 0 Å². The third-order valence-electron chi connectivity index (χ3n) is 3.03. The van der Waals surface area contributed by atoms with E-state index < -0.39 is 6.09 Å². The number of carbonyl (C=O) groups is 2. The molecule has 2 aromatic rings. The lowest BCUT2D eigenvalue weighted by Crippen LogP contribution is -2.28. The fraction of sp³-hybridized carbons (Fsp3) is 0.176. The first-order chi connectivity index (χ1) is 11.6. The van der Waals surface area contributed by atoms with Crippen molar-refractivity contribution in [3.05, 3.63) is 58.6 Å². The van der Waals surface area contributed by atoms with E-state index in [1.165, 1.54) is 0 Å². The van der Waals surface area contributed by atoms with Crippen molar-refractivity contribution in [2.24, 2.45) is 0 Å². The smallest absolute Gasteiger partial charge is 0.411 e. The van der Waals surface area contributed by atoms with Crippen LogP contribution in [0.5, 0.6) is 0 Å². The maximum atomic E-state index is 11.9. The number of urea groups is 1. The highest BCUT2D eigenvalue weighted by atomic mass is 79.9. The van der Waals surface area contributed by atoms with E-state index in [0.29, 0.717) is 24.5 Å². The number of halogens is 1. The summed E-state index contributed by atoms with van der Waals surface area (Å²) in [4.78, 5) is 23.2. The Kier molecular flexibility index (Phi) is 6.62. The average molecular weight is 392 g/mol. The summed E-state index contributed by atoms with van der Waals surface area (Å²) in [7, 11) is 0. The van der Waals surface area contributed by atoms with Gasteiger partial charge < -0.3 is 15.4 Å². The van der Waals surface area contributed by atoms with Gasteiger partial charge in [-0.3, -0.25) is 5.32 Å². The summed E-state index contributed by atoms with van der Waals surface area (Å²) in [6, 6.07) is 14.2. The van der Waals surface area contributed by atoms with E-state index in [9.17, 15) is 9.59 Å². The molecule has 2 aromatic carbocycles. The van der Waals surface area contributed by atoms with Crippen molar-refractivity contribution in [3.8, 4) is 0 Å². The van der Waals surface area contributed by atoms with Crippen LogP contribution in [-0.4, -0.2) is 18.7 Å². The second-order valence-corrected chi connectivity index (χ2v) is 5.77. The highest BCUT2D eigenvalue weighted by Gasteiger charge is 2.04. The monoisotopic (exact) mass is 391 g/mol. The molecule has 0 atom stereocenters. The van der Waals surface area contributed by atoms with E-state index in [1.54, 1.807) is 31.2 Å². The van der Waals surface area contributed by atoms with Crippen LogP contribution < -0.4 is 16.0 Å². The Hall–Kier alpha value is -2.54. The van der Waals surface area contributed by atoms with Crippen LogP contribution in [0.1, 0.15) is 12.5 Å². The Balaban J connectivity index is 1.81. The number of carbonyl (C=O) groups excluding carboxylic acids is 2. The fourth-order valence-electron chi connectivity index (χ4n) is 1.88. The molecule has 6 nitrogen and oxygen atoms in total. The van der Waals surface area contributed by atoms with Gasteiger partial charge in [-0.25, -0.2) is 9.59 Å². The number of rotatable bonds is 5. The molecule has 0 bridgehead atoms. The molecule has 3 amide bonds. The number of benzene rings is 2. The van der Waals surface area contributed by atoms with Crippen molar-refractivity contribution in [1.29, 1.82) is 0 Å². The highest BCUT2D eigenvalue weighted by molar-refractivity contribution is 9.10. The number of hydrogen-bond acceptors (Lipinski definition) is 3. The van der Waals surface area contributed by atoms with Crippen molar-refractivity contribution in [2.75, 3.05) is 17.2 Å². The van der Waals surface area contributed by atoms with Crippen LogP contribution >= 0.6 is 15.9 Å². The zero-order chi connectivity index (χ0) is 17.4. The van der Waals surface area contributed by atoms with Gasteiger partial charge in [-0.15, -0.1) is 0 Å². The first-order valence-corrected chi connectivity index (χ1v) is 8.19. The van der Waals surface area contributed by atoms with Gasteiger partial charge in [0, 0.05) is 22.4 Å². The molecule has 0 aliphatic rings. The molecule has 0 aliphatic heterocycles. The van der Waals surface area contributed by atoms with E-state index in [1.807, 2.05) is 24.3 Å². The molecular weight excluding hydrogens is 374 g/mol. The van der Waals surface area contributed by atoms with Gasteiger partial charge in [0.2, 0.25) is 0 Å². The van der Waals surface area contributed by atoms with E-state index >= 15 is 0 Å². The topological polar surface area (TPSA) is 79.5 Å². The van der Waals surface area contributed by atoms with E-state index in [-0.39, 0.29) is 6.03 Å². The van der Waals surface area contributed by atoms with Crippen LogP contribution in [0, 0.1) is 0 Å². The Morgan fingerprint density at radius 3 is 2.12 bits per heavy atom. The van der Waals surface area contributed by atoms with Crippen LogP contribution in [0.4, 0.5) is 21.0 Å². The molecule has 0 aromatic heterocycles. The van der Waals surface area contributed by atoms with E-state index in [0.717, 1.165) is 10.0 Å². The lowest BCUT2D eigenvalue weighted by molar-refractivity contribution is 0.168. The molecule has 0 radical (unpaired) electrons. The third kappa shape index (κ3) is 5.92. The van der Waals surface area contributed by atoms with Gasteiger partial charge in [0.1, 0.15) is 0 Å². The molecule has 126 valence electrons. The Morgan fingerprint density at radius 2 is 1.54 bits per heavy atom. The molecule has 0 aliphatic carbocycles. The van der Waals surface area contributed by atoms with Crippen molar-refractivity contribution >= 4 is 39.4 Å². The fourth-order valence-corrected chi connectivity index (χ4v) is 2.15. The van der Waals surface area contributed by atoms with Gasteiger partial charge in [0.15, 0.2) is 0 Å². The third-order valence-corrected chi connectivity index (χ3v) is 3.56. The largest absolute Gasteiger partial charge is 0.450 e. The number of anilines is 2. The summed E-state index contributed by atoms with van der Waals surface area (Å²) in [5.74, 6) is 0. The molecule has 0 fully saturated rings.